The summed E-state index contributed by atoms with van der Waals surface area (Å²) in [5.41, 5.74) is 3.93. The number of carbonyl (C=O) groups excluding carboxylic acids is 2. The molecule has 5 rings (SSSR count). The minimum absolute atomic E-state index is 0.212. The Labute approximate surface area is 294 Å². The summed E-state index contributed by atoms with van der Waals surface area (Å²) in [4.78, 5) is 34.8. The zero-order valence-electron chi connectivity index (χ0n) is 27.2. The molecule has 0 saturated carbocycles. The van der Waals surface area contributed by atoms with Gasteiger partial charge in [-0.1, -0.05) is 38.1 Å². The molecule has 0 unspecified atom stereocenters. The van der Waals surface area contributed by atoms with E-state index in [1.807, 2.05) is 48.5 Å². The van der Waals surface area contributed by atoms with Crippen molar-refractivity contribution in [1.29, 1.82) is 0 Å². The van der Waals surface area contributed by atoms with Gasteiger partial charge in [-0.2, -0.15) is 0 Å². The van der Waals surface area contributed by atoms with Crippen molar-refractivity contribution >= 4 is 51.7 Å². The van der Waals surface area contributed by atoms with E-state index >= 15 is 0 Å². The molecule has 0 radical (unpaired) electrons. The number of carbonyl (C=O) groups is 2. The monoisotopic (exact) mass is 718 g/mol. The van der Waals surface area contributed by atoms with E-state index in [0.29, 0.717) is 28.8 Å². The van der Waals surface area contributed by atoms with Gasteiger partial charge in [0.15, 0.2) is 0 Å². The SMILES string of the molecule is CCCOc1ccc(N=Cc2ccc(C(=O)Oc3ccc(Br)c(OC(=O)c4ccc(C=Nc5ccc(OCCC)cc5)cc4)c3)cc2)cc1. The largest absolute Gasteiger partial charge is 0.494 e. The molecule has 0 atom stereocenters. The van der Waals surface area contributed by atoms with E-state index < -0.39 is 11.9 Å². The van der Waals surface area contributed by atoms with E-state index in [1.165, 1.54) is 6.07 Å². The van der Waals surface area contributed by atoms with Gasteiger partial charge in [0.05, 0.1) is 40.2 Å². The molecule has 0 saturated heterocycles. The van der Waals surface area contributed by atoms with Gasteiger partial charge in [0.1, 0.15) is 23.0 Å². The zero-order chi connectivity index (χ0) is 34.4. The van der Waals surface area contributed by atoms with Gasteiger partial charge in [-0.05, 0) is 125 Å². The lowest BCUT2D eigenvalue weighted by molar-refractivity contribution is 0.0732. The van der Waals surface area contributed by atoms with Crippen molar-refractivity contribution in [3.63, 3.8) is 0 Å². The lowest BCUT2D eigenvalue weighted by atomic mass is 10.1. The summed E-state index contributed by atoms with van der Waals surface area (Å²) in [7, 11) is 0. The van der Waals surface area contributed by atoms with Gasteiger partial charge in [-0.15, -0.1) is 0 Å². The summed E-state index contributed by atoms with van der Waals surface area (Å²) in [6.07, 6.45) is 5.34. The van der Waals surface area contributed by atoms with Gasteiger partial charge in [0.2, 0.25) is 0 Å². The molecule has 0 spiro atoms. The molecule has 0 bridgehead atoms. The van der Waals surface area contributed by atoms with Gasteiger partial charge >= 0.3 is 11.9 Å². The summed E-state index contributed by atoms with van der Waals surface area (Å²) in [6, 6.07) is 33.6. The minimum Gasteiger partial charge on any atom is -0.494 e. The number of halogens is 1. The molecular weight excluding hydrogens is 684 g/mol. The molecule has 0 aliphatic carbocycles. The molecule has 49 heavy (non-hydrogen) atoms. The fourth-order valence-electron chi connectivity index (χ4n) is 4.36. The molecule has 0 amide bonds. The Morgan fingerprint density at radius 2 is 1.00 bits per heavy atom. The number of nitrogens with zero attached hydrogens (tertiary/aromatic N) is 2. The molecule has 0 heterocycles. The molecule has 5 aromatic carbocycles. The van der Waals surface area contributed by atoms with Gasteiger partial charge < -0.3 is 18.9 Å². The molecule has 0 aliphatic rings. The quantitative estimate of drug-likeness (QED) is 0.0644. The van der Waals surface area contributed by atoms with Crippen LogP contribution in [0.4, 0.5) is 11.4 Å². The van der Waals surface area contributed by atoms with E-state index in [0.717, 1.165) is 46.8 Å². The molecule has 0 aromatic heterocycles. The molecule has 8 nitrogen and oxygen atoms in total. The third kappa shape index (κ3) is 10.5. The highest BCUT2D eigenvalue weighted by molar-refractivity contribution is 9.10. The summed E-state index contributed by atoms with van der Waals surface area (Å²) in [6.45, 7) is 5.47. The summed E-state index contributed by atoms with van der Waals surface area (Å²) >= 11 is 3.40. The maximum absolute atomic E-state index is 12.9. The van der Waals surface area contributed by atoms with Crippen LogP contribution in [0.3, 0.4) is 0 Å². The highest BCUT2D eigenvalue weighted by Gasteiger charge is 2.15. The molecule has 248 valence electrons. The second-order valence-electron chi connectivity index (χ2n) is 10.8. The van der Waals surface area contributed by atoms with E-state index in [-0.39, 0.29) is 11.5 Å². The van der Waals surface area contributed by atoms with Crippen molar-refractivity contribution in [2.24, 2.45) is 9.98 Å². The predicted octanol–water partition coefficient (Wildman–Crippen LogP) is 9.97. The minimum atomic E-state index is -0.562. The number of benzene rings is 5. The normalized spacial score (nSPS) is 11.1. The lowest BCUT2D eigenvalue weighted by Crippen LogP contribution is -2.10. The first-order valence-electron chi connectivity index (χ1n) is 15.9. The first-order chi connectivity index (χ1) is 23.9. The van der Waals surface area contributed by atoms with Crippen LogP contribution in [0.25, 0.3) is 0 Å². The van der Waals surface area contributed by atoms with Crippen LogP contribution in [0.15, 0.2) is 130 Å². The molecule has 0 N–H and O–H groups in total. The van der Waals surface area contributed by atoms with Crippen molar-refractivity contribution < 1.29 is 28.5 Å². The maximum Gasteiger partial charge on any atom is 0.343 e. The van der Waals surface area contributed by atoms with Crippen molar-refractivity contribution in [3.05, 3.63) is 142 Å². The van der Waals surface area contributed by atoms with Crippen LogP contribution in [0.1, 0.15) is 58.5 Å². The average molecular weight is 720 g/mol. The Balaban J connectivity index is 1.15. The molecule has 5 aromatic rings. The second kappa shape index (κ2) is 17.6. The Morgan fingerprint density at radius 3 is 1.45 bits per heavy atom. The van der Waals surface area contributed by atoms with Crippen molar-refractivity contribution in [1.82, 2.24) is 0 Å². The van der Waals surface area contributed by atoms with Crippen LogP contribution in [0.5, 0.6) is 23.0 Å². The van der Waals surface area contributed by atoms with Crippen LogP contribution in [-0.4, -0.2) is 37.6 Å². The van der Waals surface area contributed by atoms with Gasteiger partial charge in [-0.25, -0.2) is 9.59 Å². The second-order valence-corrected chi connectivity index (χ2v) is 11.7. The third-order valence-electron chi connectivity index (χ3n) is 6.95. The smallest absolute Gasteiger partial charge is 0.343 e. The number of hydrogen-bond acceptors (Lipinski definition) is 8. The Kier molecular flexibility index (Phi) is 12.5. The average Bonchev–Trinajstić information content (AvgIpc) is 3.14. The van der Waals surface area contributed by atoms with Crippen LogP contribution >= 0.6 is 15.9 Å². The first-order valence-corrected chi connectivity index (χ1v) is 16.7. The van der Waals surface area contributed by atoms with Crippen LogP contribution < -0.4 is 18.9 Å². The van der Waals surface area contributed by atoms with Crippen LogP contribution in [0.2, 0.25) is 0 Å². The van der Waals surface area contributed by atoms with Crippen LogP contribution in [0, 0.1) is 0 Å². The lowest BCUT2D eigenvalue weighted by Gasteiger charge is -2.10. The van der Waals surface area contributed by atoms with E-state index in [4.69, 9.17) is 18.9 Å². The maximum atomic E-state index is 12.9. The van der Waals surface area contributed by atoms with Crippen molar-refractivity contribution in [2.75, 3.05) is 13.2 Å². The number of hydrogen-bond donors (Lipinski definition) is 0. The third-order valence-corrected chi connectivity index (χ3v) is 7.61. The number of ether oxygens (including phenoxy) is 4. The number of aliphatic imine (C=N–C) groups is 2. The Bertz CT molecular complexity index is 1900. The zero-order valence-corrected chi connectivity index (χ0v) is 28.8. The van der Waals surface area contributed by atoms with E-state index in [2.05, 4.69) is 39.8 Å². The fourth-order valence-corrected chi connectivity index (χ4v) is 4.68. The van der Waals surface area contributed by atoms with Gasteiger partial charge in [0.25, 0.3) is 0 Å². The highest BCUT2D eigenvalue weighted by atomic mass is 79.9. The number of esters is 2. The highest BCUT2D eigenvalue weighted by Crippen LogP contribution is 2.31. The van der Waals surface area contributed by atoms with Crippen LogP contribution in [-0.2, 0) is 0 Å². The van der Waals surface area contributed by atoms with Crippen molar-refractivity contribution in [2.45, 2.75) is 26.7 Å². The summed E-state index contributed by atoms with van der Waals surface area (Å²) < 4.78 is 22.9. The molecule has 0 aliphatic heterocycles. The Morgan fingerprint density at radius 1 is 0.571 bits per heavy atom. The molecular formula is C40H35BrN2O6. The topological polar surface area (TPSA) is 95.8 Å². The van der Waals surface area contributed by atoms with Gasteiger partial charge in [0, 0.05) is 18.5 Å². The van der Waals surface area contributed by atoms with E-state index in [9.17, 15) is 9.59 Å². The van der Waals surface area contributed by atoms with E-state index in [1.54, 1.807) is 73.1 Å². The van der Waals surface area contributed by atoms with Crippen molar-refractivity contribution in [3.8, 4) is 23.0 Å². The summed E-state index contributed by atoms with van der Waals surface area (Å²) in [5.74, 6) is 0.942. The Hall–Kier alpha value is -5.54. The molecule has 9 heteroatoms. The molecule has 0 fully saturated rings. The standard InChI is InChI=1S/C40H35BrN2O6/c1-3-23-46-34-17-13-32(14-18-34)42-26-28-5-9-30(10-6-28)39(44)48-36-21-22-37(41)38(25-36)49-40(45)31-11-7-29(8-12-31)27-43-33-15-19-35(20-16-33)47-24-4-2/h5-22,25-27H,3-4,23-24H2,1-2H3. The number of rotatable bonds is 14. The predicted molar refractivity (Wildman–Crippen MR) is 196 cm³/mol. The first kappa shape index (κ1) is 34.8. The van der Waals surface area contributed by atoms with Gasteiger partial charge in [-0.3, -0.25) is 9.98 Å². The fraction of sp³-hybridized carbons (Fsp3) is 0.150. The summed E-state index contributed by atoms with van der Waals surface area (Å²) in [5, 5.41) is 0.